The average molecular weight is 399 g/mol. The fourth-order valence-corrected chi connectivity index (χ4v) is 4.01. The summed E-state index contributed by atoms with van der Waals surface area (Å²) >= 11 is 0. The number of aromatic nitrogens is 2. The summed E-state index contributed by atoms with van der Waals surface area (Å²) in [5, 5.41) is 6.22. The third-order valence-corrected chi connectivity index (χ3v) is 5.65. The standard InChI is InChI=1S/C24H21N3O3/c1-3-14(2)26-21(28)13-30-15-8-9-20-19(12-15)17-10-11-25-22-16-6-4-5-7-18(16)24(29)27(20)23(17)22/h4-12,14H,3,13H2,1-2H3,(H,26,28). The molecule has 0 bridgehead atoms. The van der Waals surface area contributed by atoms with Crippen LogP contribution in [-0.4, -0.2) is 27.9 Å². The number of nitrogens with zero attached hydrogens (tertiary/aromatic N) is 2. The molecular formula is C24H21N3O3. The first kappa shape index (κ1) is 18.4. The topological polar surface area (TPSA) is 72.7 Å². The van der Waals surface area contributed by atoms with E-state index in [2.05, 4.69) is 10.3 Å². The van der Waals surface area contributed by atoms with Gasteiger partial charge in [0.05, 0.1) is 16.6 Å². The molecule has 1 unspecified atom stereocenters. The predicted molar refractivity (Wildman–Crippen MR) is 119 cm³/mol. The molecule has 1 atom stereocenters. The molecular weight excluding hydrogens is 378 g/mol. The van der Waals surface area contributed by atoms with Crippen LogP contribution in [0.25, 0.3) is 38.1 Å². The summed E-state index contributed by atoms with van der Waals surface area (Å²) in [7, 11) is 0. The van der Waals surface area contributed by atoms with Gasteiger partial charge in [0.1, 0.15) is 5.75 Å². The molecule has 150 valence electrons. The van der Waals surface area contributed by atoms with Gasteiger partial charge in [-0.05, 0) is 43.7 Å². The lowest BCUT2D eigenvalue weighted by Gasteiger charge is -2.12. The minimum Gasteiger partial charge on any atom is -0.484 e. The first-order valence-corrected chi connectivity index (χ1v) is 10.1. The number of benzene rings is 2. The minimum absolute atomic E-state index is 0.0499. The third kappa shape index (κ3) is 2.76. The van der Waals surface area contributed by atoms with Crippen LogP contribution in [0.5, 0.6) is 5.75 Å². The highest BCUT2D eigenvalue weighted by molar-refractivity contribution is 6.18. The van der Waals surface area contributed by atoms with Crippen molar-refractivity contribution >= 4 is 44.0 Å². The Kier molecular flexibility index (Phi) is 4.28. The van der Waals surface area contributed by atoms with Crippen LogP contribution in [0.15, 0.2) is 59.5 Å². The third-order valence-electron chi connectivity index (χ3n) is 5.65. The molecule has 5 aromatic rings. The molecule has 3 aromatic heterocycles. The van der Waals surface area contributed by atoms with Gasteiger partial charge in [0.15, 0.2) is 6.61 Å². The zero-order valence-electron chi connectivity index (χ0n) is 16.8. The largest absolute Gasteiger partial charge is 0.484 e. The van der Waals surface area contributed by atoms with Crippen LogP contribution in [0.3, 0.4) is 0 Å². The van der Waals surface area contributed by atoms with Crippen LogP contribution < -0.4 is 15.6 Å². The van der Waals surface area contributed by atoms with E-state index in [9.17, 15) is 9.59 Å². The van der Waals surface area contributed by atoms with Crippen molar-refractivity contribution in [2.24, 2.45) is 0 Å². The number of fused-ring (bicyclic) bond motifs is 5. The lowest BCUT2D eigenvalue weighted by Crippen LogP contribution is -2.35. The van der Waals surface area contributed by atoms with Gasteiger partial charge in [0, 0.05) is 33.8 Å². The number of carbonyl (C=O) groups excluding carboxylic acids is 1. The normalized spacial score (nSPS) is 12.7. The van der Waals surface area contributed by atoms with Crippen molar-refractivity contribution in [1.29, 1.82) is 0 Å². The Morgan fingerprint density at radius 3 is 2.70 bits per heavy atom. The summed E-state index contributed by atoms with van der Waals surface area (Å²) in [5.41, 5.74) is 2.35. The summed E-state index contributed by atoms with van der Waals surface area (Å²) in [6.07, 6.45) is 2.63. The maximum atomic E-state index is 13.3. The molecule has 0 fully saturated rings. The molecule has 6 heteroatoms. The van der Waals surface area contributed by atoms with E-state index in [4.69, 9.17) is 4.74 Å². The van der Waals surface area contributed by atoms with E-state index < -0.39 is 0 Å². The average Bonchev–Trinajstić information content (AvgIpc) is 3.11. The molecule has 0 saturated carbocycles. The number of carbonyl (C=O) groups is 1. The molecule has 0 radical (unpaired) electrons. The summed E-state index contributed by atoms with van der Waals surface area (Å²) < 4.78 is 7.46. The van der Waals surface area contributed by atoms with Gasteiger partial charge in [-0.1, -0.05) is 25.1 Å². The Hall–Kier alpha value is -3.67. The van der Waals surface area contributed by atoms with Gasteiger partial charge in [-0.25, -0.2) is 0 Å². The Balaban J connectivity index is 1.65. The number of hydrogen-bond donors (Lipinski definition) is 1. The number of ether oxygens (including phenoxy) is 1. The van der Waals surface area contributed by atoms with E-state index in [0.29, 0.717) is 11.1 Å². The minimum atomic E-state index is -0.151. The smallest absolute Gasteiger partial charge is 0.263 e. The highest BCUT2D eigenvalue weighted by Crippen LogP contribution is 2.34. The Bertz CT molecular complexity index is 1470. The molecule has 1 N–H and O–H groups in total. The van der Waals surface area contributed by atoms with E-state index in [-0.39, 0.29) is 24.1 Å². The van der Waals surface area contributed by atoms with Crippen molar-refractivity contribution in [3.05, 3.63) is 65.1 Å². The molecule has 3 heterocycles. The van der Waals surface area contributed by atoms with Crippen molar-refractivity contribution in [1.82, 2.24) is 14.7 Å². The molecule has 0 saturated heterocycles. The summed E-state index contributed by atoms with van der Waals surface area (Å²) in [4.78, 5) is 29.9. The van der Waals surface area contributed by atoms with Crippen molar-refractivity contribution in [3.8, 4) is 5.75 Å². The Morgan fingerprint density at radius 2 is 1.90 bits per heavy atom. The zero-order chi connectivity index (χ0) is 20.8. The number of hydrogen-bond acceptors (Lipinski definition) is 4. The van der Waals surface area contributed by atoms with E-state index in [1.807, 2.05) is 56.3 Å². The highest BCUT2D eigenvalue weighted by atomic mass is 16.5. The zero-order valence-corrected chi connectivity index (χ0v) is 16.8. The van der Waals surface area contributed by atoms with Gasteiger partial charge in [0.2, 0.25) is 0 Å². The second-order valence-electron chi connectivity index (χ2n) is 7.59. The van der Waals surface area contributed by atoms with Crippen molar-refractivity contribution in [2.75, 3.05) is 6.61 Å². The van der Waals surface area contributed by atoms with Gasteiger partial charge < -0.3 is 10.1 Å². The van der Waals surface area contributed by atoms with Crippen LogP contribution >= 0.6 is 0 Å². The van der Waals surface area contributed by atoms with Crippen molar-refractivity contribution in [3.63, 3.8) is 0 Å². The number of nitrogens with one attached hydrogen (secondary N) is 1. The highest BCUT2D eigenvalue weighted by Gasteiger charge is 2.18. The van der Waals surface area contributed by atoms with Crippen molar-refractivity contribution < 1.29 is 9.53 Å². The van der Waals surface area contributed by atoms with E-state index in [0.717, 1.165) is 39.1 Å². The molecule has 0 aliphatic rings. The van der Waals surface area contributed by atoms with Gasteiger partial charge in [-0.2, -0.15) is 0 Å². The van der Waals surface area contributed by atoms with Crippen LogP contribution in [0, 0.1) is 0 Å². The van der Waals surface area contributed by atoms with Crippen molar-refractivity contribution in [2.45, 2.75) is 26.3 Å². The Labute approximate surface area is 172 Å². The maximum absolute atomic E-state index is 13.3. The van der Waals surface area contributed by atoms with Gasteiger partial charge in [-0.15, -0.1) is 0 Å². The van der Waals surface area contributed by atoms with Crippen LogP contribution in [0.1, 0.15) is 20.3 Å². The fraction of sp³-hybridized carbons (Fsp3) is 0.208. The summed E-state index contributed by atoms with van der Waals surface area (Å²) in [5.74, 6) is 0.435. The lowest BCUT2D eigenvalue weighted by molar-refractivity contribution is -0.123. The second kappa shape index (κ2) is 6.99. The van der Waals surface area contributed by atoms with Gasteiger partial charge >= 0.3 is 0 Å². The van der Waals surface area contributed by atoms with E-state index in [1.54, 1.807) is 16.7 Å². The molecule has 6 nitrogen and oxygen atoms in total. The number of amides is 1. The monoisotopic (exact) mass is 399 g/mol. The lowest BCUT2D eigenvalue weighted by atomic mass is 10.1. The molecule has 30 heavy (non-hydrogen) atoms. The first-order valence-electron chi connectivity index (χ1n) is 10.1. The molecule has 5 rings (SSSR count). The van der Waals surface area contributed by atoms with Crippen LogP contribution in [0.4, 0.5) is 0 Å². The number of rotatable bonds is 5. The fourth-order valence-electron chi connectivity index (χ4n) is 4.01. The van der Waals surface area contributed by atoms with Gasteiger partial charge in [-0.3, -0.25) is 19.0 Å². The molecule has 1 amide bonds. The van der Waals surface area contributed by atoms with Crippen LogP contribution in [0.2, 0.25) is 0 Å². The quantitative estimate of drug-likeness (QED) is 0.455. The van der Waals surface area contributed by atoms with Crippen LogP contribution in [-0.2, 0) is 4.79 Å². The molecule has 0 spiro atoms. The number of pyridine rings is 2. The predicted octanol–water partition coefficient (Wildman–Crippen LogP) is 3.89. The SMILES string of the molecule is CCC(C)NC(=O)COc1ccc2c(c1)c1ccnc3c4ccccc4c(=O)n2c13. The molecule has 2 aromatic carbocycles. The Morgan fingerprint density at radius 1 is 1.10 bits per heavy atom. The van der Waals surface area contributed by atoms with E-state index >= 15 is 0 Å². The van der Waals surface area contributed by atoms with E-state index in [1.165, 1.54) is 0 Å². The first-order chi connectivity index (χ1) is 14.6. The second-order valence-corrected chi connectivity index (χ2v) is 7.59. The molecule has 0 aliphatic heterocycles. The summed E-state index contributed by atoms with van der Waals surface area (Å²) in [6.45, 7) is 3.93. The maximum Gasteiger partial charge on any atom is 0.263 e. The molecule has 0 aliphatic carbocycles. The summed E-state index contributed by atoms with van der Waals surface area (Å²) in [6, 6.07) is 15.1. The van der Waals surface area contributed by atoms with Gasteiger partial charge in [0.25, 0.3) is 11.5 Å².